The van der Waals surface area contributed by atoms with Gasteiger partial charge in [0.15, 0.2) is 0 Å². The van der Waals surface area contributed by atoms with Crippen LogP contribution in [0.15, 0.2) is 18.2 Å². The number of nitro benzene ring substituents is 1. The molecule has 2 N–H and O–H groups in total. The Labute approximate surface area is 108 Å². The first-order valence-electron chi connectivity index (χ1n) is 6.33. The van der Waals surface area contributed by atoms with Crippen molar-refractivity contribution < 1.29 is 4.92 Å². The van der Waals surface area contributed by atoms with Crippen LogP contribution < -0.4 is 5.73 Å². The van der Waals surface area contributed by atoms with Gasteiger partial charge in [-0.3, -0.25) is 15.0 Å². The number of hydrogen-bond donors (Lipinski definition) is 1. The Balaban J connectivity index is 2.80. The van der Waals surface area contributed by atoms with Crippen LogP contribution in [0.4, 0.5) is 11.4 Å². The van der Waals surface area contributed by atoms with Gasteiger partial charge in [-0.05, 0) is 31.1 Å². The molecule has 18 heavy (non-hydrogen) atoms. The van der Waals surface area contributed by atoms with E-state index >= 15 is 0 Å². The number of rotatable bonds is 7. The van der Waals surface area contributed by atoms with Crippen LogP contribution >= 0.6 is 0 Å². The summed E-state index contributed by atoms with van der Waals surface area (Å²) < 4.78 is 0. The number of nitrogen functional groups attached to an aromatic ring is 1. The van der Waals surface area contributed by atoms with Crippen molar-refractivity contribution in [2.45, 2.75) is 33.2 Å². The van der Waals surface area contributed by atoms with E-state index in [1.165, 1.54) is 6.07 Å². The second kappa shape index (κ2) is 6.96. The Hall–Kier alpha value is -1.62. The van der Waals surface area contributed by atoms with Crippen molar-refractivity contribution in [2.24, 2.45) is 0 Å². The molecule has 0 aliphatic carbocycles. The first-order chi connectivity index (χ1) is 8.58. The fourth-order valence-corrected chi connectivity index (χ4v) is 1.81. The van der Waals surface area contributed by atoms with Crippen LogP contribution in [0.2, 0.25) is 0 Å². The predicted octanol–water partition coefficient (Wildman–Crippen LogP) is 2.80. The number of nitrogens with zero attached hydrogens (tertiary/aromatic N) is 2. The lowest BCUT2D eigenvalue weighted by molar-refractivity contribution is -0.384. The summed E-state index contributed by atoms with van der Waals surface area (Å²) in [7, 11) is 0. The fourth-order valence-electron chi connectivity index (χ4n) is 1.81. The lowest BCUT2D eigenvalue weighted by atomic mass is 10.1. The van der Waals surface area contributed by atoms with Gasteiger partial charge in [0.2, 0.25) is 0 Å². The molecule has 0 saturated carbocycles. The molecule has 0 amide bonds. The minimum atomic E-state index is -0.384. The lowest BCUT2D eigenvalue weighted by Gasteiger charge is -2.20. The van der Waals surface area contributed by atoms with E-state index < -0.39 is 0 Å². The molecule has 0 unspecified atom stereocenters. The van der Waals surface area contributed by atoms with Gasteiger partial charge >= 0.3 is 0 Å². The summed E-state index contributed by atoms with van der Waals surface area (Å²) in [5.41, 5.74) is 7.43. The van der Waals surface area contributed by atoms with Crippen LogP contribution in [0.3, 0.4) is 0 Å². The van der Waals surface area contributed by atoms with Gasteiger partial charge in [-0.25, -0.2) is 0 Å². The Kier molecular flexibility index (Phi) is 5.58. The quantitative estimate of drug-likeness (QED) is 0.459. The Bertz CT molecular complexity index is 407. The summed E-state index contributed by atoms with van der Waals surface area (Å²) in [6, 6.07) is 4.63. The van der Waals surface area contributed by atoms with Crippen LogP contribution in [0.1, 0.15) is 32.3 Å². The number of nitro groups is 1. The van der Waals surface area contributed by atoms with E-state index in [-0.39, 0.29) is 10.6 Å². The third-order valence-corrected chi connectivity index (χ3v) is 3.01. The Morgan fingerprint density at radius 2 is 2.11 bits per heavy atom. The van der Waals surface area contributed by atoms with Gasteiger partial charge in [0.25, 0.3) is 5.69 Å². The van der Waals surface area contributed by atoms with E-state index in [1.54, 1.807) is 12.1 Å². The highest BCUT2D eigenvalue weighted by molar-refractivity contribution is 5.52. The zero-order valence-electron chi connectivity index (χ0n) is 11.1. The van der Waals surface area contributed by atoms with Crippen molar-refractivity contribution in [1.82, 2.24) is 4.90 Å². The third-order valence-electron chi connectivity index (χ3n) is 3.01. The number of hydrogen-bond acceptors (Lipinski definition) is 4. The standard InChI is InChI=1S/C13H21N3O2/c1-3-5-8-15(4-2)10-11-9-12(16(17)18)6-7-13(11)14/h6-7,9H,3-5,8,10,14H2,1-2H3. The van der Waals surface area contributed by atoms with Crippen LogP contribution in [-0.4, -0.2) is 22.9 Å². The summed E-state index contributed by atoms with van der Waals surface area (Å²) in [5, 5.41) is 10.7. The maximum atomic E-state index is 10.7. The summed E-state index contributed by atoms with van der Waals surface area (Å²) in [6.45, 7) is 6.82. The average molecular weight is 251 g/mol. The molecule has 0 saturated heterocycles. The highest BCUT2D eigenvalue weighted by Crippen LogP contribution is 2.21. The van der Waals surface area contributed by atoms with E-state index in [4.69, 9.17) is 5.73 Å². The molecule has 5 nitrogen and oxygen atoms in total. The molecular weight excluding hydrogens is 230 g/mol. The molecule has 100 valence electrons. The minimum absolute atomic E-state index is 0.103. The molecule has 0 spiro atoms. The average Bonchev–Trinajstić information content (AvgIpc) is 2.36. The van der Waals surface area contributed by atoms with Crippen LogP contribution in [0, 0.1) is 10.1 Å². The third kappa shape index (κ3) is 4.00. The zero-order chi connectivity index (χ0) is 13.5. The van der Waals surface area contributed by atoms with Gasteiger partial charge in [-0.2, -0.15) is 0 Å². The molecule has 0 radical (unpaired) electrons. The normalized spacial score (nSPS) is 10.8. The fraction of sp³-hybridized carbons (Fsp3) is 0.538. The van der Waals surface area contributed by atoms with Crippen LogP contribution in [0.5, 0.6) is 0 Å². The summed E-state index contributed by atoms with van der Waals surface area (Å²) in [6.07, 6.45) is 2.27. The van der Waals surface area contributed by atoms with Crippen molar-refractivity contribution in [3.05, 3.63) is 33.9 Å². The molecule has 0 atom stereocenters. The Morgan fingerprint density at radius 3 is 2.67 bits per heavy atom. The molecule has 0 fully saturated rings. The smallest absolute Gasteiger partial charge is 0.269 e. The first-order valence-corrected chi connectivity index (χ1v) is 6.33. The number of non-ortho nitro benzene ring substituents is 1. The van der Waals surface area contributed by atoms with E-state index in [1.807, 2.05) is 0 Å². The van der Waals surface area contributed by atoms with Crippen LogP contribution in [-0.2, 0) is 6.54 Å². The van der Waals surface area contributed by atoms with Crippen molar-refractivity contribution >= 4 is 11.4 Å². The monoisotopic (exact) mass is 251 g/mol. The number of nitrogens with two attached hydrogens (primary N) is 1. The molecule has 0 heterocycles. The zero-order valence-corrected chi connectivity index (χ0v) is 11.1. The Morgan fingerprint density at radius 1 is 1.39 bits per heavy atom. The number of benzene rings is 1. The summed E-state index contributed by atoms with van der Waals surface area (Å²) in [5.74, 6) is 0. The van der Waals surface area contributed by atoms with Crippen molar-refractivity contribution in [2.75, 3.05) is 18.8 Å². The van der Waals surface area contributed by atoms with Gasteiger partial charge in [-0.1, -0.05) is 20.3 Å². The molecule has 0 aromatic heterocycles. The molecule has 0 bridgehead atoms. The van der Waals surface area contributed by atoms with Gasteiger partial charge in [0.05, 0.1) is 4.92 Å². The largest absolute Gasteiger partial charge is 0.398 e. The topological polar surface area (TPSA) is 72.4 Å². The van der Waals surface area contributed by atoms with E-state index in [2.05, 4.69) is 18.7 Å². The van der Waals surface area contributed by atoms with E-state index in [9.17, 15) is 10.1 Å². The highest BCUT2D eigenvalue weighted by atomic mass is 16.6. The van der Waals surface area contributed by atoms with Crippen molar-refractivity contribution in [1.29, 1.82) is 0 Å². The number of anilines is 1. The summed E-state index contributed by atoms with van der Waals surface area (Å²) in [4.78, 5) is 12.6. The van der Waals surface area contributed by atoms with E-state index in [0.29, 0.717) is 12.2 Å². The SMILES string of the molecule is CCCCN(CC)Cc1cc([N+](=O)[O-])ccc1N. The molecular formula is C13H21N3O2. The molecule has 0 aliphatic rings. The molecule has 1 aromatic rings. The predicted molar refractivity (Wildman–Crippen MR) is 73.4 cm³/mol. The molecule has 5 heteroatoms. The minimum Gasteiger partial charge on any atom is -0.398 e. The molecule has 0 aliphatic heterocycles. The van der Waals surface area contributed by atoms with E-state index in [0.717, 1.165) is 31.5 Å². The first kappa shape index (κ1) is 14.4. The van der Waals surface area contributed by atoms with Gasteiger partial charge < -0.3 is 5.73 Å². The van der Waals surface area contributed by atoms with Crippen molar-refractivity contribution in [3.8, 4) is 0 Å². The summed E-state index contributed by atoms with van der Waals surface area (Å²) >= 11 is 0. The number of unbranched alkanes of at least 4 members (excludes halogenated alkanes) is 1. The van der Waals surface area contributed by atoms with Gasteiger partial charge in [-0.15, -0.1) is 0 Å². The highest BCUT2D eigenvalue weighted by Gasteiger charge is 2.11. The second-order valence-electron chi connectivity index (χ2n) is 4.36. The maximum Gasteiger partial charge on any atom is 0.269 e. The van der Waals surface area contributed by atoms with Gasteiger partial charge in [0.1, 0.15) is 0 Å². The second-order valence-corrected chi connectivity index (χ2v) is 4.36. The van der Waals surface area contributed by atoms with Crippen LogP contribution in [0.25, 0.3) is 0 Å². The van der Waals surface area contributed by atoms with Crippen molar-refractivity contribution in [3.63, 3.8) is 0 Å². The van der Waals surface area contributed by atoms with Gasteiger partial charge in [0, 0.05) is 24.4 Å². The lowest BCUT2D eigenvalue weighted by Crippen LogP contribution is -2.24. The maximum absolute atomic E-state index is 10.7. The molecule has 1 aromatic carbocycles. The molecule has 1 rings (SSSR count).